The third-order valence-corrected chi connectivity index (χ3v) is 4.06. The molecule has 7 heteroatoms. The van der Waals surface area contributed by atoms with Gasteiger partial charge in [0.1, 0.15) is 0 Å². The van der Waals surface area contributed by atoms with Gasteiger partial charge in [0.05, 0.1) is 11.8 Å². The SMILES string of the molecule is CC(C)CNC(=O)N1CCCC(C(=O)N(C)CC(C)C(=O)O)C1. The second-order valence-electron chi connectivity index (χ2n) is 6.82. The predicted molar refractivity (Wildman–Crippen MR) is 87.0 cm³/mol. The predicted octanol–water partition coefficient (Wildman–Crippen LogP) is 1.24. The summed E-state index contributed by atoms with van der Waals surface area (Å²) in [5.74, 6) is -1.47. The van der Waals surface area contributed by atoms with E-state index in [2.05, 4.69) is 5.32 Å². The van der Waals surface area contributed by atoms with Gasteiger partial charge in [-0.3, -0.25) is 9.59 Å². The van der Waals surface area contributed by atoms with Crippen LogP contribution in [0.2, 0.25) is 0 Å². The zero-order chi connectivity index (χ0) is 17.6. The summed E-state index contributed by atoms with van der Waals surface area (Å²) in [7, 11) is 1.62. The quantitative estimate of drug-likeness (QED) is 0.768. The maximum absolute atomic E-state index is 12.5. The molecule has 0 saturated carbocycles. The van der Waals surface area contributed by atoms with E-state index >= 15 is 0 Å². The van der Waals surface area contributed by atoms with E-state index < -0.39 is 11.9 Å². The van der Waals surface area contributed by atoms with Crippen LogP contribution in [0.1, 0.15) is 33.6 Å². The van der Waals surface area contributed by atoms with Crippen LogP contribution in [0.25, 0.3) is 0 Å². The van der Waals surface area contributed by atoms with Crippen molar-refractivity contribution in [3.63, 3.8) is 0 Å². The van der Waals surface area contributed by atoms with Crippen LogP contribution in [0.5, 0.6) is 0 Å². The molecule has 1 fully saturated rings. The fourth-order valence-electron chi connectivity index (χ4n) is 2.66. The molecule has 1 saturated heterocycles. The molecule has 2 atom stereocenters. The standard InChI is InChI=1S/C16H29N3O4/c1-11(2)8-17-16(23)19-7-5-6-13(10-19)14(20)18(4)9-12(3)15(21)22/h11-13H,5-10H2,1-4H3,(H,17,23)(H,21,22). The van der Waals surface area contributed by atoms with E-state index in [9.17, 15) is 14.4 Å². The summed E-state index contributed by atoms with van der Waals surface area (Å²) in [5.41, 5.74) is 0. The van der Waals surface area contributed by atoms with Crippen LogP contribution in [0, 0.1) is 17.8 Å². The Morgan fingerprint density at radius 3 is 2.52 bits per heavy atom. The first kappa shape index (κ1) is 19.3. The molecule has 0 aromatic carbocycles. The minimum absolute atomic E-state index is 0.0838. The summed E-state index contributed by atoms with van der Waals surface area (Å²) in [6.07, 6.45) is 1.52. The number of hydrogen-bond donors (Lipinski definition) is 2. The Labute approximate surface area is 138 Å². The molecule has 0 aliphatic carbocycles. The van der Waals surface area contributed by atoms with Crippen molar-refractivity contribution >= 4 is 17.9 Å². The molecule has 0 aromatic heterocycles. The zero-order valence-corrected chi connectivity index (χ0v) is 14.5. The van der Waals surface area contributed by atoms with Gasteiger partial charge in [-0.2, -0.15) is 0 Å². The topological polar surface area (TPSA) is 90.0 Å². The van der Waals surface area contributed by atoms with Crippen LogP contribution in [-0.2, 0) is 9.59 Å². The highest BCUT2D eigenvalue weighted by Gasteiger charge is 2.31. The first-order valence-electron chi connectivity index (χ1n) is 8.23. The van der Waals surface area contributed by atoms with E-state index in [4.69, 9.17) is 5.11 Å². The third kappa shape index (κ3) is 6.08. The van der Waals surface area contributed by atoms with Gasteiger partial charge in [-0.05, 0) is 18.8 Å². The highest BCUT2D eigenvalue weighted by Crippen LogP contribution is 2.19. The highest BCUT2D eigenvalue weighted by atomic mass is 16.4. The minimum Gasteiger partial charge on any atom is -0.481 e. The molecule has 0 radical (unpaired) electrons. The average Bonchev–Trinajstić information content (AvgIpc) is 2.51. The van der Waals surface area contributed by atoms with Crippen LogP contribution in [-0.4, -0.2) is 66.0 Å². The van der Waals surface area contributed by atoms with E-state index in [0.29, 0.717) is 25.6 Å². The van der Waals surface area contributed by atoms with Crippen LogP contribution >= 0.6 is 0 Å². The van der Waals surface area contributed by atoms with Crippen molar-refractivity contribution in [2.75, 3.05) is 33.2 Å². The molecule has 23 heavy (non-hydrogen) atoms. The Morgan fingerprint density at radius 1 is 1.30 bits per heavy atom. The first-order valence-corrected chi connectivity index (χ1v) is 8.23. The summed E-state index contributed by atoms with van der Waals surface area (Å²) in [6.45, 7) is 7.49. The molecule has 0 aromatic rings. The van der Waals surface area contributed by atoms with Crippen LogP contribution in [0.4, 0.5) is 4.79 Å². The summed E-state index contributed by atoms with van der Waals surface area (Å²) in [6, 6.07) is -0.127. The number of carbonyl (C=O) groups is 3. The highest BCUT2D eigenvalue weighted by molar-refractivity contribution is 5.81. The minimum atomic E-state index is -0.914. The molecule has 0 spiro atoms. The number of hydrogen-bond acceptors (Lipinski definition) is 3. The molecule has 1 heterocycles. The van der Waals surface area contributed by atoms with E-state index in [1.54, 1.807) is 18.9 Å². The van der Waals surface area contributed by atoms with Gasteiger partial charge in [0.25, 0.3) is 0 Å². The number of urea groups is 1. The zero-order valence-electron chi connectivity index (χ0n) is 14.5. The molecule has 0 bridgehead atoms. The van der Waals surface area contributed by atoms with E-state index in [1.165, 1.54) is 4.90 Å². The van der Waals surface area contributed by atoms with Gasteiger partial charge in [-0.1, -0.05) is 20.8 Å². The molecular formula is C16H29N3O4. The molecule has 2 unspecified atom stereocenters. The number of likely N-dealkylation sites (tertiary alicyclic amines) is 1. The number of aliphatic carboxylic acids is 1. The first-order chi connectivity index (χ1) is 10.7. The summed E-state index contributed by atoms with van der Waals surface area (Å²) < 4.78 is 0. The normalized spacial score (nSPS) is 19.3. The molecule has 1 aliphatic heterocycles. The Balaban J connectivity index is 2.54. The lowest BCUT2D eigenvalue weighted by atomic mass is 9.96. The molecule has 7 nitrogen and oxygen atoms in total. The van der Waals surface area contributed by atoms with Crippen molar-refractivity contribution in [3.05, 3.63) is 0 Å². The lowest BCUT2D eigenvalue weighted by molar-refractivity contribution is -0.143. The van der Waals surface area contributed by atoms with Gasteiger partial charge in [-0.15, -0.1) is 0 Å². The average molecular weight is 327 g/mol. The monoisotopic (exact) mass is 327 g/mol. The van der Waals surface area contributed by atoms with Gasteiger partial charge in [0, 0.05) is 33.2 Å². The van der Waals surface area contributed by atoms with Gasteiger partial charge in [0.2, 0.25) is 5.91 Å². The Morgan fingerprint density at radius 2 is 1.96 bits per heavy atom. The number of nitrogens with one attached hydrogen (secondary N) is 1. The largest absolute Gasteiger partial charge is 0.481 e. The summed E-state index contributed by atoms with van der Waals surface area (Å²) in [4.78, 5) is 38.6. The van der Waals surface area contributed by atoms with Crippen molar-refractivity contribution < 1.29 is 19.5 Å². The second kappa shape index (κ2) is 8.74. The fourth-order valence-corrected chi connectivity index (χ4v) is 2.66. The van der Waals surface area contributed by atoms with Gasteiger partial charge in [0.15, 0.2) is 0 Å². The molecule has 1 aliphatic rings. The lowest BCUT2D eigenvalue weighted by Gasteiger charge is -2.34. The molecule has 132 valence electrons. The summed E-state index contributed by atoms with van der Waals surface area (Å²) >= 11 is 0. The van der Waals surface area contributed by atoms with Gasteiger partial charge < -0.3 is 20.2 Å². The number of piperidine rings is 1. The number of rotatable bonds is 6. The maximum Gasteiger partial charge on any atom is 0.317 e. The molecule has 1 rings (SSSR count). The Bertz CT molecular complexity index is 439. The fraction of sp³-hybridized carbons (Fsp3) is 0.812. The van der Waals surface area contributed by atoms with Crippen molar-refractivity contribution in [2.24, 2.45) is 17.8 Å². The third-order valence-electron chi connectivity index (χ3n) is 4.06. The van der Waals surface area contributed by atoms with E-state index in [0.717, 1.165) is 12.8 Å². The smallest absolute Gasteiger partial charge is 0.317 e. The number of nitrogens with zero attached hydrogens (tertiary/aromatic N) is 2. The number of carboxylic acids is 1. The Kier molecular flexibility index (Phi) is 7.32. The van der Waals surface area contributed by atoms with Crippen LogP contribution in [0.3, 0.4) is 0 Å². The molecular weight excluding hydrogens is 298 g/mol. The number of amides is 3. The van der Waals surface area contributed by atoms with Crippen LogP contribution in [0.15, 0.2) is 0 Å². The molecule has 2 N–H and O–H groups in total. The van der Waals surface area contributed by atoms with Crippen LogP contribution < -0.4 is 5.32 Å². The van der Waals surface area contributed by atoms with E-state index in [-0.39, 0.29) is 24.4 Å². The number of carboxylic acid groups (broad SMARTS) is 1. The second-order valence-corrected chi connectivity index (χ2v) is 6.82. The van der Waals surface area contributed by atoms with Crippen molar-refractivity contribution in [3.8, 4) is 0 Å². The van der Waals surface area contributed by atoms with Gasteiger partial charge >= 0.3 is 12.0 Å². The van der Waals surface area contributed by atoms with Crippen molar-refractivity contribution in [2.45, 2.75) is 33.6 Å². The van der Waals surface area contributed by atoms with Crippen molar-refractivity contribution in [1.82, 2.24) is 15.1 Å². The Hall–Kier alpha value is -1.79. The van der Waals surface area contributed by atoms with E-state index in [1.807, 2.05) is 13.8 Å². The maximum atomic E-state index is 12.5. The van der Waals surface area contributed by atoms with Crippen molar-refractivity contribution in [1.29, 1.82) is 0 Å². The number of carbonyl (C=O) groups excluding carboxylic acids is 2. The molecule has 3 amide bonds. The van der Waals surface area contributed by atoms with Gasteiger partial charge in [-0.25, -0.2) is 4.79 Å². The lowest BCUT2D eigenvalue weighted by Crippen LogP contribution is -2.50. The summed E-state index contributed by atoms with van der Waals surface area (Å²) in [5, 5.41) is 11.8.